The first-order chi connectivity index (χ1) is 14.3. The second kappa shape index (κ2) is 7.21. The maximum absolute atomic E-state index is 4.68. The van der Waals surface area contributed by atoms with Gasteiger partial charge >= 0.3 is 186 Å². The topological polar surface area (TPSA) is 12.9 Å². The van der Waals surface area contributed by atoms with E-state index in [0.717, 1.165) is 5.69 Å². The van der Waals surface area contributed by atoms with Crippen LogP contribution in [0.15, 0.2) is 66.9 Å². The summed E-state index contributed by atoms with van der Waals surface area (Å²) in [6.07, 6.45) is 1.94. The Morgan fingerprint density at radius 1 is 0.800 bits per heavy atom. The Labute approximate surface area is 185 Å². The molecule has 0 spiro atoms. The molecule has 0 aliphatic heterocycles. The molecule has 30 heavy (non-hydrogen) atoms. The average molecular weight is 470 g/mol. The van der Waals surface area contributed by atoms with Crippen molar-refractivity contribution >= 4 is 59.9 Å². The van der Waals surface area contributed by atoms with E-state index in [-0.39, 0.29) is 0 Å². The summed E-state index contributed by atoms with van der Waals surface area (Å²) < 4.78 is 4.37. The number of rotatable bonds is 3. The first kappa shape index (κ1) is 19.8. The van der Waals surface area contributed by atoms with Gasteiger partial charge in [-0.3, -0.25) is 0 Å². The molecular weight excluding hydrogens is 443 g/mol. The maximum atomic E-state index is 4.68. The number of benzene rings is 3. The van der Waals surface area contributed by atoms with E-state index < -0.39 is 13.3 Å². The SMILES string of the molecule is CC(C)c1ccnc(-c2ccc3sc4c5ccccc5[c]([Ge]([CH3])([CH3])[CH3])cc4c3c2)c1. The van der Waals surface area contributed by atoms with Crippen molar-refractivity contribution in [3.8, 4) is 11.3 Å². The summed E-state index contributed by atoms with van der Waals surface area (Å²) in [5.41, 5.74) is 3.61. The average Bonchev–Trinajstić information content (AvgIpc) is 3.10. The summed E-state index contributed by atoms with van der Waals surface area (Å²) in [5.74, 6) is 7.99. The van der Waals surface area contributed by atoms with E-state index in [2.05, 4.69) is 96.8 Å². The molecule has 0 saturated heterocycles. The molecule has 2 aromatic heterocycles. The van der Waals surface area contributed by atoms with E-state index in [1.165, 1.54) is 42.1 Å². The van der Waals surface area contributed by atoms with E-state index in [1.807, 2.05) is 17.5 Å². The fourth-order valence-electron chi connectivity index (χ4n) is 4.34. The standard InChI is InChI=1S/C27H27GeNS/c1-17(2)18-12-13-29-25(15-18)19-10-11-26-22(14-19)23-16-24(28(3,4)5)20-8-6-7-9-21(20)27(23)30-26/h6-17H,1-5H3. The molecule has 0 saturated carbocycles. The van der Waals surface area contributed by atoms with Crippen LogP contribution >= 0.6 is 11.3 Å². The van der Waals surface area contributed by atoms with Crippen LogP contribution in [0.3, 0.4) is 0 Å². The van der Waals surface area contributed by atoms with Gasteiger partial charge in [0.15, 0.2) is 0 Å². The third-order valence-corrected chi connectivity index (χ3v) is 11.5. The van der Waals surface area contributed by atoms with Crippen molar-refractivity contribution < 1.29 is 0 Å². The van der Waals surface area contributed by atoms with Gasteiger partial charge in [0.1, 0.15) is 0 Å². The minimum atomic E-state index is -2.03. The first-order valence-corrected chi connectivity index (χ1v) is 18.8. The van der Waals surface area contributed by atoms with Crippen LogP contribution in [0.1, 0.15) is 25.3 Å². The molecule has 5 rings (SSSR count). The van der Waals surface area contributed by atoms with Crippen molar-refractivity contribution in [2.75, 3.05) is 0 Å². The minimum absolute atomic E-state index is 0.505. The fraction of sp³-hybridized carbons (Fsp3) is 0.222. The number of hydrogen-bond acceptors (Lipinski definition) is 2. The zero-order valence-corrected chi connectivity index (χ0v) is 21.2. The molecule has 0 amide bonds. The van der Waals surface area contributed by atoms with E-state index in [4.69, 9.17) is 0 Å². The van der Waals surface area contributed by atoms with Crippen molar-refractivity contribution in [2.24, 2.45) is 0 Å². The molecule has 1 nitrogen and oxygen atoms in total. The molecule has 0 aliphatic rings. The number of nitrogens with zero attached hydrogens (tertiary/aromatic N) is 1. The first-order valence-electron chi connectivity index (χ1n) is 10.7. The van der Waals surface area contributed by atoms with Gasteiger partial charge in [-0.15, -0.1) is 0 Å². The van der Waals surface area contributed by atoms with Gasteiger partial charge in [-0.1, -0.05) is 0 Å². The van der Waals surface area contributed by atoms with E-state index in [9.17, 15) is 0 Å². The molecule has 3 heteroatoms. The summed E-state index contributed by atoms with van der Waals surface area (Å²) in [6.45, 7) is 4.47. The zero-order chi connectivity index (χ0) is 21.0. The number of hydrogen-bond donors (Lipinski definition) is 0. The van der Waals surface area contributed by atoms with Crippen molar-refractivity contribution in [3.05, 3.63) is 72.4 Å². The van der Waals surface area contributed by atoms with Crippen LogP contribution in [0.5, 0.6) is 0 Å². The summed E-state index contributed by atoms with van der Waals surface area (Å²) in [7, 11) is 0. The van der Waals surface area contributed by atoms with Gasteiger partial charge in [0.2, 0.25) is 0 Å². The summed E-state index contributed by atoms with van der Waals surface area (Å²) in [5, 5.41) is 5.64. The second-order valence-corrected chi connectivity index (χ2v) is 21.2. The predicted molar refractivity (Wildman–Crippen MR) is 137 cm³/mol. The van der Waals surface area contributed by atoms with Gasteiger partial charge in [-0.2, -0.15) is 0 Å². The molecule has 0 radical (unpaired) electrons. The molecule has 150 valence electrons. The van der Waals surface area contributed by atoms with Crippen molar-refractivity contribution in [2.45, 2.75) is 37.0 Å². The molecule has 3 aromatic carbocycles. The molecule has 0 aliphatic carbocycles. The summed E-state index contributed by atoms with van der Waals surface area (Å²) >= 11 is -0.108. The van der Waals surface area contributed by atoms with Crippen LogP contribution in [-0.4, -0.2) is 18.3 Å². The summed E-state index contributed by atoms with van der Waals surface area (Å²) in [4.78, 5) is 4.68. The van der Waals surface area contributed by atoms with Crippen molar-refractivity contribution in [3.63, 3.8) is 0 Å². The van der Waals surface area contributed by atoms with Gasteiger partial charge < -0.3 is 0 Å². The zero-order valence-electron chi connectivity index (χ0n) is 18.3. The third kappa shape index (κ3) is 3.27. The van der Waals surface area contributed by atoms with E-state index in [1.54, 1.807) is 4.40 Å². The Kier molecular flexibility index (Phi) is 4.75. The number of aromatic nitrogens is 1. The Morgan fingerprint density at radius 2 is 1.57 bits per heavy atom. The van der Waals surface area contributed by atoms with Gasteiger partial charge in [0, 0.05) is 0 Å². The second-order valence-electron chi connectivity index (χ2n) is 9.54. The van der Waals surface area contributed by atoms with Crippen molar-refractivity contribution in [1.82, 2.24) is 4.98 Å². The van der Waals surface area contributed by atoms with Crippen LogP contribution < -0.4 is 4.40 Å². The third-order valence-electron chi connectivity index (χ3n) is 6.03. The van der Waals surface area contributed by atoms with Gasteiger partial charge in [-0.05, 0) is 0 Å². The Hall–Kier alpha value is -2.17. The summed E-state index contributed by atoms with van der Waals surface area (Å²) in [6, 6.07) is 22.7. The van der Waals surface area contributed by atoms with Crippen LogP contribution in [0.25, 0.3) is 42.2 Å². The molecule has 0 atom stereocenters. The predicted octanol–water partition coefficient (Wildman–Crippen LogP) is 7.94. The van der Waals surface area contributed by atoms with E-state index >= 15 is 0 Å². The van der Waals surface area contributed by atoms with Crippen molar-refractivity contribution in [1.29, 1.82) is 0 Å². The van der Waals surface area contributed by atoms with Crippen LogP contribution in [-0.2, 0) is 0 Å². The fourth-order valence-corrected chi connectivity index (χ4v) is 8.91. The van der Waals surface area contributed by atoms with Crippen LogP contribution in [0.2, 0.25) is 17.3 Å². The molecule has 0 unspecified atom stereocenters. The number of pyridine rings is 1. The van der Waals surface area contributed by atoms with Crippen LogP contribution in [0, 0.1) is 0 Å². The van der Waals surface area contributed by atoms with Gasteiger partial charge in [0.25, 0.3) is 0 Å². The van der Waals surface area contributed by atoms with Gasteiger partial charge in [-0.25, -0.2) is 0 Å². The molecule has 0 N–H and O–H groups in total. The van der Waals surface area contributed by atoms with E-state index in [0.29, 0.717) is 5.92 Å². The Morgan fingerprint density at radius 3 is 2.30 bits per heavy atom. The molecule has 2 heterocycles. The quantitative estimate of drug-likeness (QED) is 0.244. The molecule has 0 fully saturated rings. The molecule has 0 bridgehead atoms. The monoisotopic (exact) mass is 471 g/mol. The Bertz CT molecular complexity index is 1410. The number of fused-ring (bicyclic) bond motifs is 5. The van der Waals surface area contributed by atoms with Crippen LogP contribution in [0.4, 0.5) is 0 Å². The Balaban J connectivity index is 1.81. The molecular formula is C27H27GeNS. The molecule has 5 aromatic rings. The number of thiophene rings is 1. The normalized spacial score (nSPS) is 12.5. The van der Waals surface area contributed by atoms with Gasteiger partial charge in [0.05, 0.1) is 0 Å².